The summed E-state index contributed by atoms with van der Waals surface area (Å²) in [5, 5.41) is 21.0. The van der Waals surface area contributed by atoms with Crippen molar-refractivity contribution in [3.63, 3.8) is 0 Å². The Kier molecular flexibility index (Phi) is 6.97. The number of carbonyl (C=O) groups is 2. The lowest BCUT2D eigenvalue weighted by atomic mass is 9.95. The van der Waals surface area contributed by atoms with Crippen molar-refractivity contribution in [1.29, 1.82) is 0 Å². The molecule has 0 spiro atoms. The van der Waals surface area contributed by atoms with Gasteiger partial charge in [0.15, 0.2) is 11.5 Å². The van der Waals surface area contributed by atoms with Crippen LogP contribution in [0.25, 0.3) is 5.76 Å². The van der Waals surface area contributed by atoms with Crippen molar-refractivity contribution in [1.82, 2.24) is 4.90 Å². The van der Waals surface area contributed by atoms with Crippen LogP contribution >= 0.6 is 0 Å². The number of aliphatic hydroxyl groups is 1. The van der Waals surface area contributed by atoms with E-state index in [1.54, 1.807) is 36.4 Å². The maximum atomic E-state index is 13.0. The minimum atomic E-state index is -0.773. The second-order valence-corrected chi connectivity index (χ2v) is 7.50. The number of aromatic hydroxyl groups is 1. The van der Waals surface area contributed by atoms with E-state index in [-0.39, 0.29) is 22.8 Å². The van der Waals surface area contributed by atoms with E-state index in [1.807, 2.05) is 6.07 Å². The monoisotopic (exact) mass is 425 g/mol. The summed E-state index contributed by atoms with van der Waals surface area (Å²) >= 11 is 0. The highest BCUT2D eigenvalue weighted by molar-refractivity contribution is 6.46. The van der Waals surface area contributed by atoms with Crippen LogP contribution in [0.1, 0.15) is 31.0 Å². The Bertz CT molecular complexity index is 983. The molecule has 2 aromatic rings. The summed E-state index contributed by atoms with van der Waals surface area (Å²) in [6, 6.07) is 12.6. The molecule has 1 amide bonds. The molecule has 7 nitrogen and oxygen atoms in total. The van der Waals surface area contributed by atoms with Crippen LogP contribution in [0.3, 0.4) is 0 Å². The van der Waals surface area contributed by atoms with E-state index in [0.29, 0.717) is 24.2 Å². The summed E-state index contributed by atoms with van der Waals surface area (Å²) in [5.41, 5.74) is 1.09. The molecule has 2 aromatic carbocycles. The average molecular weight is 426 g/mol. The molecule has 0 radical (unpaired) electrons. The number of likely N-dealkylation sites (tertiary alicyclic amines) is 1. The fraction of sp³-hybridized carbons (Fsp3) is 0.333. The first-order chi connectivity index (χ1) is 14.9. The van der Waals surface area contributed by atoms with Gasteiger partial charge in [-0.3, -0.25) is 9.59 Å². The zero-order valence-corrected chi connectivity index (χ0v) is 18.1. The zero-order chi connectivity index (χ0) is 22.5. The van der Waals surface area contributed by atoms with E-state index < -0.39 is 17.7 Å². The van der Waals surface area contributed by atoms with Crippen molar-refractivity contribution >= 4 is 17.4 Å². The number of ketones is 1. The first-order valence-corrected chi connectivity index (χ1v) is 10.5. The fourth-order valence-corrected chi connectivity index (χ4v) is 3.96. The van der Waals surface area contributed by atoms with Crippen LogP contribution in [0, 0.1) is 0 Å². The number of rotatable bonds is 8. The van der Waals surface area contributed by atoms with Crippen LogP contribution in [-0.2, 0) is 9.59 Å². The predicted molar refractivity (Wildman–Crippen MR) is 117 cm³/mol. The number of phenolic OH excluding ortho intramolecular Hbond substituents is 1. The highest BCUT2D eigenvalue weighted by atomic mass is 16.5. The molecule has 31 heavy (non-hydrogen) atoms. The van der Waals surface area contributed by atoms with E-state index in [9.17, 15) is 19.8 Å². The Morgan fingerprint density at radius 3 is 2.39 bits per heavy atom. The Morgan fingerprint density at radius 2 is 1.77 bits per heavy atom. The average Bonchev–Trinajstić information content (AvgIpc) is 3.05. The molecule has 1 fully saturated rings. The first kappa shape index (κ1) is 22.4. The number of hydrogen-bond acceptors (Lipinski definition) is 5. The van der Waals surface area contributed by atoms with Gasteiger partial charge in [0.1, 0.15) is 5.76 Å². The summed E-state index contributed by atoms with van der Waals surface area (Å²) in [6.45, 7) is 7.00. The molecule has 1 saturated heterocycles. The van der Waals surface area contributed by atoms with Crippen molar-refractivity contribution in [2.24, 2.45) is 0 Å². The lowest BCUT2D eigenvalue weighted by molar-refractivity contribution is -0.895. The molecule has 0 saturated carbocycles. The second kappa shape index (κ2) is 9.66. The van der Waals surface area contributed by atoms with Crippen LogP contribution in [0.5, 0.6) is 11.5 Å². The number of nitrogens with zero attached hydrogens (tertiary/aromatic N) is 1. The number of Topliss-reactive ketones (excluding diaryl/α,β-unsaturated/α-hetero) is 1. The van der Waals surface area contributed by atoms with Gasteiger partial charge < -0.3 is 24.7 Å². The molecule has 0 aromatic heterocycles. The molecule has 3 N–H and O–H groups in total. The summed E-state index contributed by atoms with van der Waals surface area (Å²) in [7, 11) is 1.43. The van der Waals surface area contributed by atoms with Crippen molar-refractivity contribution in [2.45, 2.75) is 19.9 Å². The number of benzene rings is 2. The normalized spacial score (nSPS) is 18.1. The van der Waals surface area contributed by atoms with Crippen LogP contribution in [0.2, 0.25) is 0 Å². The van der Waals surface area contributed by atoms with Crippen LogP contribution in [0.4, 0.5) is 0 Å². The molecule has 164 valence electrons. The predicted octanol–water partition coefficient (Wildman–Crippen LogP) is 1.75. The van der Waals surface area contributed by atoms with Gasteiger partial charge in [-0.1, -0.05) is 36.4 Å². The summed E-state index contributed by atoms with van der Waals surface area (Å²) in [5.74, 6) is -1.38. The van der Waals surface area contributed by atoms with Gasteiger partial charge in [-0.05, 0) is 31.5 Å². The molecular formula is C24H29N2O5+. The summed E-state index contributed by atoms with van der Waals surface area (Å²) < 4.78 is 5.23. The van der Waals surface area contributed by atoms with E-state index in [1.165, 1.54) is 23.0 Å². The topological polar surface area (TPSA) is 91.5 Å². The van der Waals surface area contributed by atoms with Crippen LogP contribution in [-0.4, -0.2) is 60.1 Å². The van der Waals surface area contributed by atoms with Crippen molar-refractivity contribution in [3.05, 3.63) is 65.2 Å². The number of quaternary nitrogens is 1. The molecule has 0 aliphatic carbocycles. The highest BCUT2D eigenvalue weighted by Crippen LogP contribution is 2.41. The minimum Gasteiger partial charge on any atom is -0.507 e. The summed E-state index contributed by atoms with van der Waals surface area (Å²) in [6.07, 6.45) is 0. The molecule has 1 aliphatic rings. The van der Waals surface area contributed by atoms with Crippen molar-refractivity contribution in [2.75, 3.05) is 33.3 Å². The maximum absolute atomic E-state index is 13.0. The smallest absolute Gasteiger partial charge is 0.295 e. The number of likely N-dealkylation sites (N-methyl/N-ethyl adjacent to an activating group) is 1. The Hall–Kier alpha value is -3.32. The third-order valence-corrected chi connectivity index (χ3v) is 5.81. The van der Waals surface area contributed by atoms with Gasteiger partial charge in [0.2, 0.25) is 0 Å². The second-order valence-electron chi connectivity index (χ2n) is 7.50. The molecular weight excluding hydrogens is 396 g/mol. The van der Waals surface area contributed by atoms with Gasteiger partial charge in [-0.25, -0.2) is 0 Å². The molecule has 0 unspecified atom stereocenters. The van der Waals surface area contributed by atoms with Crippen LogP contribution < -0.4 is 9.64 Å². The minimum absolute atomic E-state index is 0.0403. The SMILES string of the molecule is CC[NH+](CC)CCN1C(=O)C(=O)C(=C(O)c2ccccc2)[C@H]1c1ccc(O)c(OC)c1. The lowest BCUT2D eigenvalue weighted by Crippen LogP contribution is -3.12. The zero-order valence-electron chi connectivity index (χ0n) is 18.1. The van der Waals surface area contributed by atoms with Crippen molar-refractivity contribution < 1.29 is 29.4 Å². The number of hydrogen-bond donors (Lipinski definition) is 3. The Labute approximate surface area is 182 Å². The number of nitrogens with one attached hydrogen (secondary N) is 1. The number of amides is 1. The number of methoxy groups -OCH3 is 1. The quantitative estimate of drug-likeness (QED) is 0.341. The van der Waals surface area contributed by atoms with Crippen molar-refractivity contribution in [3.8, 4) is 11.5 Å². The van der Waals surface area contributed by atoms with Gasteiger partial charge in [-0.15, -0.1) is 0 Å². The number of carbonyl (C=O) groups excluding carboxylic acids is 2. The van der Waals surface area contributed by atoms with Crippen LogP contribution in [0.15, 0.2) is 54.1 Å². The standard InChI is InChI=1S/C24H28N2O5/c1-4-25(5-2)13-14-26-21(17-11-12-18(27)19(15-17)31-3)20(23(29)24(26)30)22(28)16-9-7-6-8-10-16/h6-12,15,21,27-28H,4-5,13-14H2,1-3H3/p+1/t21-/m1/s1. The molecule has 1 atom stereocenters. The third kappa shape index (κ3) is 4.41. The van der Waals surface area contributed by atoms with Gasteiger partial charge >= 0.3 is 0 Å². The number of ether oxygens (including phenoxy) is 1. The molecule has 1 heterocycles. The molecule has 0 bridgehead atoms. The van der Waals surface area contributed by atoms with E-state index in [0.717, 1.165) is 13.1 Å². The van der Waals surface area contributed by atoms with Gasteiger partial charge in [0.25, 0.3) is 11.7 Å². The maximum Gasteiger partial charge on any atom is 0.295 e. The number of phenols is 1. The van der Waals surface area contributed by atoms with E-state index >= 15 is 0 Å². The molecule has 1 aliphatic heterocycles. The molecule has 3 rings (SSSR count). The molecule has 7 heteroatoms. The fourth-order valence-electron chi connectivity index (χ4n) is 3.96. The lowest BCUT2D eigenvalue weighted by Gasteiger charge is -2.27. The largest absolute Gasteiger partial charge is 0.507 e. The van der Waals surface area contributed by atoms with E-state index in [4.69, 9.17) is 4.74 Å². The highest BCUT2D eigenvalue weighted by Gasteiger charge is 2.46. The van der Waals surface area contributed by atoms with E-state index in [2.05, 4.69) is 13.8 Å². The Morgan fingerprint density at radius 1 is 1.10 bits per heavy atom. The Balaban J connectivity index is 2.13. The number of aliphatic hydroxyl groups excluding tert-OH is 1. The van der Waals surface area contributed by atoms with Gasteiger partial charge in [0, 0.05) is 5.56 Å². The van der Waals surface area contributed by atoms with Gasteiger partial charge in [-0.2, -0.15) is 0 Å². The summed E-state index contributed by atoms with van der Waals surface area (Å²) in [4.78, 5) is 28.8. The third-order valence-electron chi connectivity index (χ3n) is 5.81. The first-order valence-electron chi connectivity index (χ1n) is 10.5. The van der Waals surface area contributed by atoms with Gasteiger partial charge in [0.05, 0.1) is 44.9 Å².